The van der Waals surface area contributed by atoms with Gasteiger partial charge in [0.15, 0.2) is 0 Å². The monoisotopic (exact) mass is 611 g/mol. The molecule has 1 saturated carbocycles. The molecule has 0 spiro atoms. The summed E-state index contributed by atoms with van der Waals surface area (Å²) in [6, 6.07) is 17.2. The quantitative estimate of drug-likeness (QED) is 0.308. The first-order chi connectivity index (χ1) is 21.9. The molecule has 0 bridgehead atoms. The first-order valence-corrected chi connectivity index (χ1v) is 16.6. The minimum Gasteiger partial charge on any atom is -0.488 e. The number of carbonyl (C=O) groups is 1. The number of pyridine rings is 1. The summed E-state index contributed by atoms with van der Waals surface area (Å²) in [5.41, 5.74) is 7.53. The van der Waals surface area contributed by atoms with Gasteiger partial charge < -0.3 is 24.2 Å². The molecule has 3 aromatic rings. The standard InChI is InChI=1S/C37H45N3O5/c1-4-43-23-33-37(36(41)42)19-28(37)20-40(33)34-10-6-9-32(38-34)30-8-5-7-24(2)35(30)45-22-26-17-25(3)31-21-39(14-11-27(31)18-26)29-12-15-44-16-13-29/h5-10,17-18,28-29,33H,4,11-16,19-23H2,1-3H3,(H,41,42)/t28-,33-,37+/m0/s1. The molecule has 3 fully saturated rings. The van der Waals surface area contributed by atoms with Crippen LogP contribution in [0.5, 0.6) is 5.75 Å². The van der Waals surface area contributed by atoms with Crippen molar-refractivity contribution < 1.29 is 24.1 Å². The third-order valence-electron chi connectivity index (χ3n) is 10.7. The van der Waals surface area contributed by atoms with Crippen LogP contribution in [-0.2, 0) is 33.8 Å². The Morgan fingerprint density at radius 2 is 1.93 bits per heavy atom. The summed E-state index contributed by atoms with van der Waals surface area (Å²) >= 11 is 0. The molecular formula is C37H45N3O5. The largest absolute Gasteiger partial charge is 0.488 e. The highest BCUT2D eigenvalue weighted by atomic mass is 16.5. The van der Waals surface area contributed by atoms with Crippen LogP contribution in [-0.4, -0.2) is 72.6 Å². The van der Waals surface area contributed by atoms with Crippen LogP contribution in [0.4, 0.5) is 5.82 Å². The van der Waals surface area contributed by atoms with Crippen LogP contribution in [0.15, 0.2) is 48.5 Å². The third-order valence-corrected chi connectivity index (χ3v) is 10.7. The highest BCUT2D eigenvalue weighted by molar-refractivity contribution is 5.82. The molecule has 45 heavy (non-hydrogen) atoms. The van der Waals surface area contributed by atoms with E-state index in [4.69, 9.17) is 19.2 Å². The van der Waals surface area contributed by atoms with Crippen LogP contribution >= 0.6 is 0 Å². The molecule has 2 saturated heterocycles. The van der Waals surface area contributed by atoms with Crippen molar-refractivity contribution >= 4 is 11.8 Å². The molecule has 3 aliphatic heterocycles. The third kappa shape index (κ3) is 5.62. The number of nitrogens with zero attached hydrogens (tertiary/aromatic N) is 3. The number of aliphatic carboxylic acids is 1. The van der Waals surface area contributed by atoms with E-state index in [1.165, 1.54) is 22.3 Å². The number of para-hydroxylation sites is 1. The van der Waals surface area contributed by atoms with Gasteiger partial charge in [0.2, 0.25) is 0 Å². The van der Waals surface area contributed by atoms with Gasteiger partial charge in [-0.25, -0.2) is 4.98 Å². The molecule has 3 atom stereocenters. The Morgan fingerprint density at radius 1 is 1.11 bits per heavy atom. The summed E-state index contributed by atoms with van der Waals surface area (Å²) in [5, 5.41) is 10.1. The summed E-state index contributed by atoms with van der Waals surface area (Å²) in [4.78, 5) is 22.2. The summed E-state index contributed by atoms with van der Waals surface area (Å²) in [6.07, 6.45) is 4.04. The SMILES string of the molecule is CCOC[C@@H]1N(c2cccc(-c3cccc(C)c3OCc3cc(C)c4c(c3)CCN(C3CCOCC3)C4)n2)C[C@@H]2C[C@@]21C(=O)O. The summed E-state index contributed by atoms with van der Waals surface area (Å²) < 4.78 is 18.0. The predicted molar refractivity (Wildman–Crippen MR) is 174 cm³/mol. The number of ether oxygens (including phenoxy) is 3. The summed E-state index contributed by atoms with van der Waals surface area (Å²) in [5.74, 6) is 1.03. The molecule has 7 rings (SSSR count). The first-order valence-electron chi connectivity index (χ1n) is 16.6. The minimum atomic E-state index is -0.736. The van der Waals surface area contributed by atoms with Gasteiger partial charge in [-0.15, -0.1) is 0 Å². The number of carboxylic acid groups (broad SMARTS) is 1. The molecule has 2 aromatic carbocycles. The molecular weight excluding hydrogens is 566 g/mol. The normalized spacial score (nSPS) is 24.7. The Bertz CT molecular complexity index is 1570. The number of aromatic nitrogens is 1. The average molecular weight is 612 g/mol. The highest BCUT2D eigenvalue weighted by Gasteiger charge is 2.71. The van der Waals surface area contributed by atoms with E-state index in [2.05, 4.69) is 47.9 Å². The Morgan fingerprint density at radius 3 is 2.73 bits per heavy atom. The van der Waals surface area contributed by atoms with Gasteiger partial charge in [-0.05, 0) is 98.4 Å². The van der Waals surface area contributed by atoms with Gasteiger partial charge in [0.05, 0.1) is 23.8 Å². The second-order valence-electron chi connectivity index (χ2n) is 13.3. The van der Waals surface area contributed by atoms with E-state index in [0.29, 0.717) is 38.8 Å². The smallest absolute Gasteiger partial charge is 0.312 e. The average Bonchev–Trinajstić information content (AvgIpc) is 3.70. The van der Waals surface area contributed by atoms with Crippen molar-refractivity contribution in [3.8, 4) is 17.0 Å². The van der Waals surface area contributed by atoms with Gasteiger partial charge >= 0.3 is 5.97 Å². The van der Waals surface area contributed by atoms with Crippen LogP contribution in [0.25, 0.3) is 11.3 Å². The number of hydrogen-bond donors (Lipinski definition) is 1. The van der Waals surface area contributed by atoms with Crippen LogP contribution in [0.3, 0.4) is 0 Å². The number of piperidine rings is 1. The molecule has 238 valence electrons. The van der Waals surface area contributed by atoms with Gasteiger partial charge in [0.1, 0.15) is 18.2 Å². The second-order valence-corrected chi connectivity index (χ2v) is 13.3. The van der Waals surface area contributed by atoms with Crippen LogP contribution in [0, 0.1) is 25.2 Å². The molecule has 1 N–H and O–H groups in total. The lowest BCUT2D eigenvalue weighted by Crippen LogP contribution is -2.44. The maximum atomic E-state index is 12.3. The number of anilines is 1. The minimum absolute atomic E-state index is 0.133. The van der Waals surface area contributed by atoms with Gasteiger partial charge in [-0.3, -0.25) is 9.69 Å². The molecule has 0 unspecified atom stereocenters. The molecule has 8 heteroatoms. The molecule has 0 radical (unpaired) electrons. The lowest BCUT2D eigenvalue weighted by Gasteiger charge is -2.38. The highest BCUT2D eigenvalue weighted by Crippen LogP contribution is 2.62. The molecule has 8 nitrogen and oxygen atoms in total. The fourth-order valence-corrected chi connectivity index (χ4v) is 8.10. The Labute approximate surface area is 266 Å². The number of carboxylic acids is 1. The Kier molecular flexibility index (Phi) is 8.31. The molecule has 4 heterocycles. The van der Waals surface area contributed by atoms with E-state index in [0.717, 1.165) is 74.0 Å². The molecule has 1 aliphatic carbocycles. The van der Waals surface area contributed by atoms with Gasteiger partial charge in [0, 0.05) is 51.1 Å². The van der Waals surface area contributed by atoms with Crippen molar-refractivity contribution in [2.45, 2.75) is 71.7 Å². The molecule has 0 amide bonds. The number of aryl methyl sites for hydroxylation is 2. The number of rotatable bonds is 10. The second kappa shape index (κ2) is 12.4. The zero-order chi connectivity index (χ0) is 31.1. The van der Waals surface area contributed by atoms with Crippen LogP contribution in [0.1, 0.15) is 54.0 Å². The number of hydrogen-bond acceptors (Lipinski definition) is 7. The van der Waals surface area contributed by atoms with Crippen LogP contribution in [0.2, 0.25) is 0 Å². The maximum Gasteiger partial charge on any atom is 0.312 e. The van der Waals surface area contributed by atoms with E-state index < -0.39 is 11.4 Å². The lowest BCUT2D eigenvalue weighted by atomic mass is 9.91. The predicted octanol–water partition coefficient (Wildman–Crippen LogP) is 5.80. The van der Waals surface area contributed by atoms with Crippen LogP contribution < -0.4 is 9.64 Å². The molecule has 1 aromatic heterocycles. The van der Waals surface area contributed by atoms with Gasteiger partial charge in [-0.2, -0.15) is 0 Å². The maximum absolute atomic E-state index is 12.3. The van der Waals surface area contributed by atoms with Crippen molar-refractivity contribution in [3.05, 3.63) is 76.3 Å². The fraction of sp³-hybridized carbons (Fsp3) is 0.514. The van der Waals surface area contributed by atoms with Gasteiger partial charge in [-0.1, -0.05) is 30.3 Å². The zero-order valence-corrected chi connectivity index (χ0v) is 26.8. The van der Waals surface area contributed by atoms with Crippen molar-refractivity contribution in [2.75, 3.05) is 44.4 Å². The fourth-order valence-electron chi connectivity index (χ4n) is 8.10. The van der Waals surface area contributed by atoms with E-state index in [1.807, 2.05) is 31.2 Å². The van der Waals surface area contributed by atoms with Crippen molar-refractivity contribution in [2.24, 2.45) is 11.3 Å². The van der Waals surface area contributed by atoms with E-state index >= 15 is 0 Å². The summed E-state index contributed by atoms with van der Waals surface area (Å²) in [6.45, 7) is 12.2. The van der Waals surface area contributed by atoms with Crippen molar-refractivity contribution in [3.63, 3.8) is 0 Å². The molecule has 4 aliphatic rings. The number of benzene rings is 2. The van der Waals surface area contributed by atoms with Crippen molar-refractivity contribution in [1.82, 2.24) is 9.88 Å². The summed E-state index contributed by atoms with van der Waals surface area (Å²) in [7, 11) is 0. The van der Waals surface area contributed by atoms with E-state index in [1.54, 1.807) is 0 Å². The van der Waals surface area contributed by atoms with Crippen molar-refractivity contribution in [1.29, 1.82) is 0 Å². The lowest BCUT2D eigenvalue weighted by molar-refractivity contribution is -0.144. The van der Waals surface area contributed by atoms with E-state index in [-0.39, 0.29) is 12.0 Å². The Balaban J connectivity index is 1.10. The topological polar surface area (TPSA) is 84.4 Å². The Hall–Kier alpha value is -3.46. The number of fused-ring (bicyclic) bond motifs is 2. The van der Waals surface area contributed by atoms with Gasteiger partial charge in [0.25, 0.3) is 0 Å². The zero-order valence-electron chi connectivity index (χ0n) is 26.8. The van der Waals surface area contributed by atoms with E-state index in [9.17, 15) is 9.90 Å². The first kappa shape index (κ1) is 30.2.